The van der Waals surface area contributed by atoms with Gasteiger partial charge in [-0.15, -0.1) is 0 Å². The summed E-state index contributed by atoms with van der Waals surface area (Å²) in [5.41, 5.74) is 11.0. The standard InChI is InChI=1S/C48H29N3O/c1-3-14-30(15-4-1)45-37-21-9-11-24-41(37)49-48(50-45)40-29-31-16-7-8-19-34(31)44-38-23-13-22-35(46(38)52-47(40)44)32-26-27-43-39(28-32)36-20-10-12-25-42(36)51(43)33-17-5-2-6-18-33/h1-29H. The fraction of sp³-hybridized carbons (Fsp3) is 0. The number of para-hydroxylation sites is 4. The van der Waals surface area contributed by atoms with Gasteiger partial charge in [-0.1, -0.05) is 133 Å². The first kappa shape index (κ1) is 28.8. The van der Waals surface area contributed by atoms with E-state index < -0.39 is 0 Å². The second-order valence-corrected chi connectivity index (χ2v) is 13.3. The van der Waals surface area contributed by atoms with Gasteiger partial charge in [-0.2, -0.15) is 0 Å². The normalized spacial score (nSPS) is 11.8. The fourth-order valence-electron chi connectivity index (χ4n) is 8.05. The Hall–Kier alpha value is -7.04. The van der Waals surface area contributed by atoms with Crippen molar-refractivity contribution in [1.29, 1.82) is 0 Å². The van der Waals surface area contributed by atoms with Crippen molar-refractivity contribution in [2.75, 3.05) is 0 Å². The summed E-state index contributed by atoms with van der Waals surface area (Å²) >= 11 is 0. The van der Waals surface area contributed by atoms with Gasteiger partial charge in [0, 0.05) is 43.7 Å². The van der Waals surface area contributed by atoms with Gasteiger partial charge in [0.05, 0.1) is 27.8 Å². The molecule has 0 N–H and O–H groups in total. The molecule has 0 fully saturated rings. The monoisotopic (exact) mass is 663 g/mol. The van der Waals surface area contributed by atoms with Crippen molar-refractivity contribution >= 4 is 65.4 Å². The fourth-order valence-corrected chi connectivity index (χ4v) is 8.05. The van der Waals surface area contributed by atoms with Crippen LogP contribution in [0, 0.1) is 0 Å². The number of benzene rings is 8. The van der Waals surface area contributed by atoms with E-state index in [1.54, 1.807) is 0 Å². The number of rotatable bonds is 4. The van der Waals surface area contributed by atoms with E-state index in [9.17, 15) is 0 Å². The SMILES string of the molecule is c1ccc(-c2nc(-c3cc4ccccc4c4c3oc3c(-c5ccc6c(c5)c5ccccc5n6-c5ccccc5)cccc34)nc3ccccc23)cc1. The van der Waals surface area contributed by atoms with Crippen LogP contribution < -0.4 is 0 Å². The van der Waals surface area contributed by atoms with E-state index in [-0.39, 0.29) is 0 Å². The maximum atomic E-state index is 7.08. The molecule has 0 saturated carbocycles. The number of hydrogen-bond acceptors (Lipinski definition) is 3. The molecule has 0 atom stereocenters. The van der Waals surface area contributed by atoms with Gasteiger partial charge in [-0.25, -0.2) is 9.97 Å². The van der Waals surface area contributed by atoms with E-state index in [4.69, 9.17) is 14.4 Å². The van der Waals surface area contributed by atoms with Crippen molar-refractivity contribution in [3.63, 3.8) is 0 Å². The van der Waals surface area contributed by atoms with Crippen LogP contribution in [-0.4, -0.2) is 14.5 Å². The number of fused-ring (bicyclic) bond motifs is 9. The number of hydrogen-bond donors (Lipinski definition) is 0. The molecule has 0 aliphatic rings. The van der Waals surface area contributed by atoms with E-state index in [0.717, 1.165) is 77.2 Å². The minimum absolute atomic E-state index is 0.643. The van der Waals surface area contributed by atoms with Crippen molar-refractivity contribution in [2.24, 2.45) is 0 Å². The number of furan rings is 1. The molecule has 4 heteroatoms. The highest BCUT2D eigenvalue weighted by atomic mass is 16.3. The summed E-state index contributed by atoms with van der Waals surface area (Å²) in [7, 11) is 0. The summed E-state index contributed by atoms with van der Waals surface area (Å²) in [5.74, 6) is 0.643. The third-order valence-corrected chi connectivity index (χ3v) is 10.4. The Balaban J connectivity index is 1.18. The maximum absolute atomic E-state index is 7.08. The number of nitrogens with zero attached hydrogens (tertiary/aromatic N) is 3. The molecular weight excluding hydrogens is 635 g/mol. The molecule has 52 heavy (non-hydrogen) atoms. The summed E-state index contributed by atoms with van der Waals surface area (Å²) in [6, 6.07) is 61.8. The van der Waals surface area contributed by atoms with Crippen LogP contribution in [0.15, 0.2) is 180 Å². The van der Waals surface area contributed by atoms with Crippen molar-refractivity contribution in [3.05, 3.63) is 176 Å². The maximum Gasteiger partial charge on any atom is 0.164 e. The van der Waals surface area contributed by atoms with Crippen LogP contribution in [0.2, 0.25) is 0 Å². The lowest BCUT2D eigenvalue weighted by Crippen LogP contribution is -1.95. The van der Waals surface area contributed by atoms with Gasteiger partial charge in [0.15, 0.2) is 5.82 Å². The molecule has 0 aliphatic heterocycles. The van der Waals surface area contributed by atoms with Crippen LogP contribution in [0.1, 0.15) is 0 Å². The van der Waals surface area contributed by atoms with Gasteiger partial charge in [0.25, 0.3) is 0 Å². The van der Waals surface area contributed by atoms with Crippen molar-refractivity contribution in [3.8, 4) is 39.5 Å². The molecule has 11 aromatic rings. The molecule has 11 rings (SSSR count). The molecule has 0 saturated heterocycles. The van der Waals surface area contributed by atoms with Gasteiger partial charge in [-0.3, -0.25) is 0 Å². The van der Waals surface area contributed by atoms with E-state index >= 15 is 0 Å². The largest absolute Gasteiger partial charge is 0.455 e. The van der Waals surface area contributed by atoms with Gasteiger partial charge >= 0.3 is 0 Å². The van der Waals surface area contributed by atoms with Crippen LogP contribution in [0.4, 0.5) is 0 Å². The highest BCUT2D eigenvalue weighted by Gasteiger charge is 2.22. The van der Waals surface area contributed by atoms with Crippen molar-refractivity contribution in [2.45, 2.75) is 0 Å². The Labute approximate surface area is 298 Å². The smallest absolute Gasteiger partial charge is 0.164 e. The molecule has 3 heterocycles. The Morgan fingerprint density at radius 3 is 1.98 bits per heavy atom. The minimum Gasteiger partial charge on any atom is -0.455 e. The summed E-state index contributed by atoms with van der Waals surface area (Å²) in [5, 5.41) is 7.84. The molecule has 8 aromatic carbocycles. The lowest BCUT2D eigenvalue weighted by molar-refractivity contribution is 0.671. The Kier molecular flexibility index (Phi) is 6.22. The average Bonchev–Trinajstić information content (AvgIpc) is 3.77. The predicted octanol–water partition coefficient (Wildman–Crippen LogP) is 12.8. The van der Waals surface area contributed by atoms with Crippen LogP contribution >= 0.6 is 0 Å². The first-order valence-corrected chi connectivity index (χ1v) is 17.6. The average molecular weight is 664 g/mol. The van der Waals surface area contributed by atoms with Gasteiger partial charge in [0.1, 0.15) is 11.2 Å². The Bertz CT molecular complexity index is 3180. The minimum atomic E-state index is 0.643. The molecule has 0 spiro atoms. The molecule has 0 radical (unpaired) electrons. The second kappa shape index (κ2) is 11.2. The lowest BCUT2D eigenvalue weighted by atomic mass is 9.97. The first-order valence-electron chi connectivity index (χ1n) is 17.6. The van der Waals surface area contributed by atoms with Crippen LogP contribution in [0.3, 0.4) is 0 Å². The van der Waals surface area contributed by atoms with E-state index in [1.807, 2.05) is 18.2 Å². The second-order valence-electron chi connectivity index (χ2n) is 13.3. The van der Waals surface area contributed by atoms with Gasteiger partial charge in [-0.05, 0) is 58.8 Å². The van der Waals surface area contributed by atoms with Crippen LogP contribution in [0.25, 0.3) is 105 Å². The van der Waals surface area contributed by atoms with E-state index in [1.165, 1.54) is 21.8 Å². The highest BCUT2D eigenvalue weighted by Crippen LogP contribution is 2.44. The molecule has 4 nitrogen and oxygen atoms in total. The van der Waals surface area contributed by atoms with Crippen molar-refractivity contribution < 1.29 is 4.42 Å². The van der Waals surface area contributed by atoms with Crippen LogP contribution in [0.5, 0.6) is 0 Å². The molecular formula is C48H29N3O. The number of aromatic nitrogens is 3. The predicted molar refractivity (Wildman–Crippen MR) is 215 cm³/mol. The molecule has 3 aromatic heterocycles. The lowest BCUT2D eigenvalue weighted by Gasteiger charge is -2.11. The van der Waals surface area contributed by atoms with E-state index in [0.29, 0.717) is 5.82 Å². The van der Waals surface area contributed by atoms with E-state index in [2.05, 4.69) is 162 Å². The summed E-state index contributed by atoms with van der Waals surface area (Å²) < 4.78 is 9.43. The quantitative estimate of drug-likeness (QED) is 0.188. The molecule has 0 unspecified atom stereocenters. The van der Waals surface area contributed by atoms with Crippen LogP contribution in [-0.2, 0) is 0 Å². The summed E-state index contributed by atoms with van der Waals surface area (Å²) in [4.78, 5) is 10.4. The molecule has 0 bridgehead atoms. The van der Waals surface area contributed by atoms with Gasteiger partial charge in [0.2, 0.25) is 0 Å². The molecule has 0 aliphatic carbocycles. The zero-order valence-corrected chi connectivity index (χ0v) is 28.0. The third-order valence-electron chi connectivity index (χ3n) is 10.4. The van der Waals surface area contributed by atoms with Gasteiger partial charge < -0.3 is 8.98 Å². The zero-order chi connectivity index (χ0) is 34.2. The summed E-state index contributed by atoms with van der Waals surface area (Å²) in [6.07, 6.45) is 0. The highest BCUT2D eigenvalue weighted by molar-refractivity contribution is 6.24. The zero-order valence-electron chi connectivity index (χ0n) is 28.0. The topological polar surface area (TPSA) is 43.9 Å². The first-order chi connectivity index (χ1) is 25.8. The third kappa shape index (κ3) is 4.28. The summed E-state index contributed by atoms with van der Waals surface area (Å²) in [6.45, 7) is 0. The Morgan fingerprint density at radius 1 is 0.423 bits per heavy atom. The molecule has 242 valence electrons. The molecule has 0 amide bonds. The van der Waals surface area contributed by atoms with Crippen molar-refractivity contribution in [1.82, 2.24) is 14.5 Å². The Morgan fingerprint density at radius 2 is 1.12 bits per heavy atom.